The molecule has 0 aromatic heterocycles. The summed E-state index contributed by atoms with van der Waals surface area (Å²) in [6, 6.07) is 10.4. The normalized spacial score (nSPS) is 15.0. The molecule has 0 radical (unpaired) electrons. The van der Waals surface area contributed by atoms with E-state index in [0.29, 0.717) is 21.4 Å². The number of hydrogen-bond donors (Lipinski definition) is 1. The van der Waals surface area contributed by atoms with Gasteiger partial charge < -0.3 is 15.0 Å². The van der Waals surface area contributed by atoms with Gasteiger partial charge in [0.15, 0.2) is 6.61 Å². The summed E-state index contributed by atoms with van der Waals surface area (Å²) >= 11 is 16.3. The minimum absolute atomic E-state index is 0.107. The lowest BCUT2D eigenvalue weighted by Gasteiger charge is -2.31. The van der Waals surface area contributed by atoms with E-state index in [1.807, 2.05) is 18.2 Å². The monoisotopic (exact) mass is 568 g/mol. The van der Waals surface area contributed by atoms with Crippen LogP contribution in [0.3, 0.4) is 0 Å². The molecule has 2 aromatic rings. The third kappa shape index (κ3) is 7.12. The molecule has 184 valence electrons. The summed E-state index contributed by atoms with van der Waals surface area (Å²) in [6.07, 6.45) is 6.25. The summed E-state index contributed by atoms with van der Waals surface area (Å²) in [5.74, 6) is 0.0613. The lowest BCUT2D eigenvalue weighted by molar-refractivity contribution is -0.142. The quantitative estimate of drug-likeness (QED) is 0.372. The molecular weight excluding hydrogens is 539 g/mol. The molecule has 1 N–H and O–H groups in total. The molecule has 0 spiro atoms. The van der Waals surface area contributed by atoms with E-state index < -0.39 is 6.04 Å². The highest BCUT2D eigenvalue weighted by molar-refractivity contribution is 9.10. The van der Waals surface area contributed by atoms with E-state index >= 15 is 0 Å². The number of hydrogen-bond acceptors (Lipinski definition) is 3. The maximum absolute atomic E-state index is 13.3. The Labute approximate surface area is 220 Å². The first-order valence-electron chi connectivity index (χ1n) is 11.7. The molecule has 1 saturated carbocycles. The molecule has 1 atom stereocenters. The number of benzene rings is 2. The highest BCUT2D eigenvalue weighted by atomic mass is 79.9. The number of nitrogens with zero attached hydrogens (tertiary/aromatic N) is 1. The zero-order valence-corrected chi connectivity index (χ0v) is 22.7. The molecule has 1 aliphatic carbocycles. The summed E-state index contributed by atoms with van der Waals surface area (Å²) in [6.45, 7) is 3.69. The molecule has 0 bridgehead atoms. The minimum Gasteiger partial charge on any atom is -0.483 e. The van der Waals surface area contributed by atoms with Crippen LogP contribution in [0.25, 0.3) is 0 Å². The average molecular weight is 570 g/mol. The number of carbonyl (C=O) groups excluding carboxylic acids is 2. The van der Waals surface area contributed by atoms with E-state index in [1.54, 1.807) is 25.1 Å². The van der Waals surface area contributed by atoms with Crippen LogP contribution in [0.15, 0.2) is 40.9 Å². The molecule has 0 saturated heterocycles. The zero-order valence-electron chi connectivity index (χ0n) is 19.6. The van der Waals surface area contributed by atoms with Crippen molar-refractivity contribution >= 4 is 50.9 Å². The second-order valence-corrected chi connectivity index (χ2v) is 10.3. The van der Waals surface area contributed by atoms with Crippen molar-refractivity contribution in [1.82, 2.24) is 10.2 Å². The van der Waals surface area contributed by atoms with Crippen molar-refractivity contribution in [2.45, 2.75) is 71.0 Å². The Morgan fingerprint density at radius 3 is 2.44 bits per heavy atom. The van der Waals surface area contributed by atoms with E-state index in [9.17, 15) is 9.59 Å². The lowest BCUT2D eigenvalue weighted by Crippen LogP contribution is -2.51. The SMILES string of the molecule is CCc1ccc(OCC(=O)N(Cc2c(Cl)cccc2Cl)C(C)C(=O)NC2CCCCC2)c(Br)c1. The van der Waals surface area contributed by atoms with Gasteiger partial charge in [-0.3, -0.25) is 9.59 Å². The summed E-state index contributed by atoms with van der Waals surface area (Å²) in [7, 11) is 0. The van der Waals surface area contributed by atoms with Crippen LogP contribution in [0.5, 0.6) is 5.75 Å². The molecule has 0 heterocycles. The number of nitrogens with one attached hydrogen (secondary N) is 1. The Kier molecular flexibility index (Phi) is 10.1. The summed E-state index contributed by atoms with van der Waals surface area (Å²) < 4.78 is 6.60. The topological polar surface area (TPSA) is 58.6 Å². The molecule has 1 unspecified atom stereocenters. The largest absolute Gasteiger partial charge is 0.483 e. The van der Waals surface area contributed by atoms with Gasteiger partial charge in [0, 0.05) is 28.2 Å². The van der Waals surface area contributed by atoms with Crippen molar-refractivity contribution in [1.29, 1.82) is 0 Å². The number of ether oxygens (including phenoxy) is 1. The second-order valence-electron chi connectivity index (χ2n) is 8.65. The van der Waals surface area contributed by atoms with Crippen LogP contribution in [0.2, 0.25) is 10.0 Å². The lowest BCUT2D eigenvalue weighted by atomic mass is 9.95. The Balaban J connectivity index is 1.77. The summed E-state index contributed by atoms with van der Waals surface area (Å²) in [5.41, 5.74) is 1.76. The first-order chi connectivity index (χ1) is 16.3. The van der Waals surface area contributed by atoms with Crippen molar-refractivity contribution in [3.8, 4) is 5.75 Å². The predicted octanol–water partition coefficient (Wildman–Crippen LogP) is 6.56. The van der Waals surface area contributed by atoms with Crippen molar-refractivity contribution in [3.63, 3.8) is 0 Å². The number of carbonyl (C=O) groups is 2. The van der Waals surface area contributed by atoms with Crippen LogP contribution in [0.4, 0.5) is 0 Å². The first-order valence-corrected chi connectivity index (χ1v) is 13.3. The molecule has 34 heavy (non-hydrogen) atoms. The van der Waals surface area contributed by atoms with E-state index in [1.165, 1.54) is 11.3 Å². The van der Waals surface area contributed by atoms with Gasteiger partial charge in [-0.15, -0.1) is 0 Å². The van der Waals surface area contributed by atoms with Gasteiger partial charge >= 0.3 is 0 Å². The second kappa shape index (κ2) is 12.8. The van der Waals surface area contributed by atoms with Crippen LogP contribution in [-0.2, 0) is 22.6 Å². The van der Waals surface area contributed by atoms with Gasteiger partial charge in [-0.05, 0) is 71.9 Å². The minimum atomic E-state index is -0.712. The van der Waals surface area contributed by atoms with E-state index in [-0.39, 0.29) is 31.0 Å². The van der Waals surface area contributed by atoms with Gasteiger partial charge in [0.05, 0.1) is 4.47 Å². The number of amides is 2. The smallest absolute Gasteiger partial charge is 0.261 e. The first kappa shape index (κ1) is 26.8. The molecule has 2 amide bonds. The molecule has 0 aliphatic heterocycles. The molecule has 1 aliphatic rings. The maximum atomic E-state index is 13.3. The van der Waals surface area contributed by atoms with Crippen LogP contribution in [-0.4, -0.2) is 35.4 Å². The predicted molar refractivity (Wildman–Crippen MR) is 141 cm³/mol. The fourth-order valence-electron chi connectivity index (χ4n) is 4.11. The molecule has 8 heteroatoms. The van der Waals surface area contributed by atoms with Crippen molar-refractivity contribution in [2.24, 2.45) is 0 Å². The van der Waals surface area contributed by atoms with Crippen LogP contribution < -0.4 is 10.1 Å². The zero-order chi connectivity index (χ0) is 24.7. The summed E-state index contributed by atoms with van der Waals surface area (Å²) in [5, 5.41) is 4.01. The van der Waals surface area contributed by atoms with Crippen molar-refractivity contribution < 1.29 is 14.3 Å². The van der Waals surface area contributed by atoms with Gasteiger partial charge in [0.1, 0.15) is 11.8 Å². The van der Waals surface area contributed by atoms with Crippen molar-refractivity contribution in [2.75, 3.05) is 6.61 Å². The van der Waals surface area contributed by atoms with Crippen LogP contribution in [0, 0.1) is 0 Å². The van der Waals surface area contributed by atoms with E-state index in [0.717, 1.165) is 42.1 Å². The number of rotatable bonds is 9. The highest BCUT2D eigenvalue weighted by Gasteiger charge is 2.29. The maximum Gasteiger partial charge on any atom is 0.261 e. The van der Waals surface area contributed by atoms with E-state index in [4.69, 9.17) is 27.9 Å². The van der Waals surface area contributed by atoms with Gasteiger partial charge in [-0.2, -0.15) is 0 Å². The number of halogens is 3. The highest BCUT2D eigenvalue weighted by Crippen LogP contribution is 2.28. The molecule has 3 rings (SSSR count). The Morgan fingerprint density at radius 1 is 1.15 bits per heavy atom. The van der Waals surface area contributed by atoms with Gasteiger partial charge in [0.25, 0.3) is 5.91 Å². The Morgan fingerprint density at radius 2 is 1.82 bits per heavy atom. The van der Waals surface area contributed by atoms with Gasteiger partial charge in [0.2, 0.25) is 5.91 Å². The third-order valence-corrected chi connectivity index (χ3v) is 7.59. The standard InChI is InChI=1S/C26H31BrCl2N2O3/c1-3-18-12-13-24(21(27)14-18)34-16-25(32)31(15-20-22(28)10-7-11-23(20)29)17(2)26(33)30-19-8-5-4-6-9-19/h7,10-14,17,19H,3-6,8-9,15-16H2,1-2H3,(H,30,33). The molecule has 5 nitrogen and oxygen atoms in total. The van der Waals surface area contributed by atoms with Crippen LogP contribution >= 0.6 is 39.1 Å². The summed E-state index contributed by atoms with van der Waals surface area (Å²) in [4.78, 5) is 27.9. The van der Waals surface area contributed by atoms with E-state index in [2.05, 4.69) is 28.2 Å². The van der Waals surface area contributed by atoms with Gasteiger partial charge in [-0.25, -0.2) is 0 Å². The molecule has 2 aromatic carbocycles. The number of aryl methyl sites for hydroxylation is 1. The molecule has 1 fully saturated rings. The fourth-order valence-corrected chi connectivity index (χ4v) is 5.17. The molecular formula is C26H31BrCl2N2O3. The average Bonchev–Trinajstić information content (AvgIpc) is 2.83. The Hall–Kier alpha value is -1.76. The van der Waals surface area contributed by atoms with Gasteiger partial charge in [-0.1, -0.05) is 61.5 Å². The van der Waals surface area contributed by atoms with Crippen molar-refractivity contribution in [3.05, 3.63) is 62.0 Å². The Bertz CT molecular complexity index is 991. The van der Waals surface area contributed by atoms with Crippen LogP contribution in [0.1, 0.15) is 57.1 Å². The fraction of sp³-hybridized carbons (Fsp3) is 0.462. The third-order valence-electron chi connectivity index (χ3n) is 6.26.